The number of carboxylic acid groups (broad SMARTS) is 1. The highest BCUT2D eigenvalue weighted by Crippen LogP contribution is 2.25. The molecule has 1 aromatic heterocycles. The largest absolute Gasteiger partial charge is 0.490 e. The van der Waals surface area contributed by atoms with E-state index >= 15 is 0 Å². The lowest BCUT2D eigenvalue weighted by atomic mass is 10.0. The third-order valence-corrected chi connectivity index (χ3v) is 3.68. The van der Waals surface area contributed by atoms with Crippen molar-refractivity contribution in [2.45, 2.75) is 39.2 Å². The molecule has 0 aliphatic heterocycles. The summed E-state index contributed by atoms with van der Waals surface area (Å²) >= 11 is 0. The van der Waals surface area contributed by atoms with Gasteiger partial charge in [-0.2, -0.15) is 0 Å². The van der Waals surface area contributed by atoms with Gasteiger partial charge in [0.05, 0.1) is 19.0 Å². The number of benzene rings is 1. The summed E-state index contributed by atoms with van der Waals surface area (Å²) in [6, 6.07) is 7.04. The van der Waals surface area contributed by atoms with E-state index in [2.05, 4.69) is 9.97 Å². The Balaban J connectivity index is 2.10. The zero-order valence-electron chi connectivity index (χ0n) is 14.2. The first-order valence-electron chi connectivity index (χ1n) is 7.96. The highest BCUT2D eigenvalue weighted by atomic mass is 16.5. The van der Waals surface area contributed by atoms with Gasteiger partial charge in [-0.1, -0.05) is 13.8 Å². The molecule has 2 aromatic rings. The van der Waals surface area contributed by atoms with E-state index in [1.54, 1.807) is 50.5 Å². The molecule has 1 aromatic carbocycles. The summed E-state index contributed by atoms with van der Waals surface area (Å²) in [7, 11) is 0. The van der Waals surface area contributed by atoms with Crippen LogP contribution in [0.2, 0.25) is 0 Å². The Morgan fingerprint density at radius 1 is 1.12 bits per heavy atom. The molecular formula is C18H22N2O4. The highest BCUT2D eigenvalue weighted by Gasteiger charge is 2.33. The first-order valence-corrected chi connectivity index (χ1v) is 7.96. The molecule has 2 rings (SSSR count). The second kappa shape index (κ2) is 7.77. The number of aromatic nitrogens is 2. The molecule has 24 heavy (non-hydrogen) atoms. The van der Waals surface area contributed by atoms with Crippen LogP contribution in [0.3, 0.4) is 0 Å². The van der Waals surface area contributed by atoms with E-state index in [0.29, 0.717) is 30.4 Å². The molecule has 6 nitrogen and oxygen atoms in total. The summed E-state index contributed by atoms with van der Waals surface area (Å²) in [5.74, 6) is 0.719. The molecule has 0 aliphatic carbocycles. The van der Waals surface area contributed by atoms with Crippen molar-refractivity contribution in [3.63, 3.8) is 0 Å². The van der Waals surface area contributed by atoms with Crippen molar-refractivity contribution in [3.05, 3.63) is 36.7 Å². The number of hydrogen-bond donors (Lipinski definition) is 1. The van der Waals surface area contributed by atoms with Crippen LogP contribution in [0.5, 0.6) is 11.5 Å². The topological polar surface area (TPSA) is 81.5 Å². The molecular weight excluding hydrogens is 308 g/mol. The van der Waals surface area contributed by atoms with E-state index < -0.39 is 11.6 Å². The predicted molar refractivity (Wildman–Crippen MR) is 90.2 cm³/mol. The Kier molecular flexibility index (Phi) is 5.73. The SMILES string of the molecule is CCCOc1cnc(-c2ccc(OC(C)(CC)C(=O)O)cc2)nc1. The molecule has 1 atom stereocenters. The normalized spacial score (nSPS) is 13.1. The second-order valence-corrected chi connectivity index (χ2v) is 5.61. The van der Waals surface area contributed by atoms with Gasteiger partial charge < -0.3 is 14.6 Å². The molecule has 1 unspecified atom stereocenters. The van der Waals surface area contributed by atoms with Crippen LogP contribution in [0, 0.1) is 0 Å². The van der Waals surface area contributed by atoms with Gasteiger partial charge in [0, 0.05) is 5.56 Å². The van der Waals surface area contributed by atoms with E-state index in [1.807, 2.05) is 6.92 Å². The molecule has 6 heteroatoms. The van der Waals surface area contributed by atoms with E-state index in [9.17, 15) is 9.90 Å². The lowest BCUT2D eigenvalue weighted by Gasteiger charge is -2.24. The molecule has 128 valence electrons. The highest BCUT2D eigenvalue weighted by molar-refractivity contribution is 5.77. The standard InChI is InChI=1S/C18H22N2O4/c1-4-10-23-15-11-19-16(20-12-15)13-6-8-14(9-7-13)24-18(3,5-2)17(21)22/h6-9,11-12H,4-5,10H2,1-3H3,(H,21,22). The maximum Gasteiger partial charge on any atom is 0.347 e. The molecule has 1 heterocycles. The van der Waals surface area contributed by atoms with Crippen molar-refractivity contribution in [2.24, 2.45) is 0 Å². The Hall–Kier alpha value is -2.63. The fourth-order valence-corrected chi connectivity index (χ4v) is 1.96. The van der Waals surface area contributed by atoms with Crippen LogP contribution < -0.4 is 9.47 Å². The van der Waals surface area contributed by atoms with Crippen LogP contribution >= 0.6 is 0 Å². The quantitative estimate of drug-likeness (QED) is 0.797. The van der Waals surface area contributed by atoms with Gasteiger partial charge in [0.25, 0.3) is 0 Å². The Morgan fingerprint density at radius 3 is 2.25 bits per heavy atom. The molecule has 0 aliphatic rings. The van der Waals surface area contributed by atoms with Crippen molar-refractivity contribution in [1.82, 2.24) is 9.97 Å². The van der Waals surface area contributed by atoms with E-state index in [1.165, 1.54) is 0 Å². The van der Waals surface area contributed by atoms with Crippen molar-refractivity contribution in [2.75, 3.05) is 6.61 Å². The molecule has 0 fully saturated rings. The fourth-order valence-electron chi connectivity index (χ4n) is 1.96. The predicted octanol–water partition coefficient (Wildman–Crippen LogP) is 3.56. The minimum Gasteiger partial charge on any atom is -0.490 e. The maximum absolute atomic E-state index is 11.3. The van der Waals surface area contributed by atoms with Crippen LogP contribution in [-0.4, -0.2) is 33.3 Å². The Bertz CT molecular complexity index is 670. The minimum absolute atomic E-state index is 0.367. The van der Waals surface area contributed by atoms with Crippen molar-refractivity contribution in [1.29, 1.82) is 0 Å². The zero-order valence-corrected chi connectivity index (χ0v) is 14.2. The van der Waals surface area contributed by atoms with Crippen LogP contribution in [0.4, 0.5) is 0 Å². The molecule has 0 saturated carbocycles. The summed E-state index contributed by atoms with van der Waals surface area (Å²) in [6.45, 7) is 6.00. The van der Waals surface area contributed by atoms with Crippen molar-refractivity contribution < 1.29 is 19.4 Å². The molecule has 0 spiro atoms. The molecule has 0 saturated heterocycles. The van der Waals surface area contributed by atoms with Crippen molar-refractivity contribution >= 4 is 5.97 Å². The summed E-state index contributed by atoms with van der Waals surface area (Å²) in [4.78, 5) is 19.9. The zero-order chi connectivity index (χ0) is 17.6. The van der Waals surface area contributed by atoms with Gasteiger partial charge in [-0.05, 0) is 44.0 Å². The Morgan fingerprint density at radius 2 is 1.75 bits per heavy atom. The van der Waals surface area contributed by atoms with Crippen LogP contribution in [-0.2, 0) is 4.79 Å². The van der Waals surface area contributed by atoms with Crippen molar-refractivity contribution in [3.8, 4) is 22.9 Å². The molecule has 1 N–H and O–H groups in total. The number of nitrogens with zero attached hydrogens (tertiary/aromatic N) is 2. The third kappa shape index (κ3) is 4.22. The molecule has 0 bridgehead atoms. The van der Waals surface area contributed by atoms with E-state index in [4.69, 9.17) is 9.47 Å². The lowest BCUT2D eigenvalue weighted by Crippen LogP contribution is -2.40. The van der Waals surface area contributed by atoms with Crippen LogP contribution in [0.1, 0.15) is 33.6 Å². The number of aliphatic carboxylic acids is 1. The van der Waals surface area contributed by atoms with Gasteiger partial charge >= 0.3 is 5.97 Å². The van der Waals surface area contributed by atoms with Crippen LogP contribution in [0.25, 0.3) is 11.4 Å². The number of rotatable bonds is 8. The molecule has 0 radical (unpaired) electrons. The third-order valence-electron chi connectivity index (χ3n) is 3.68. The summed E-state index contributed by atoms with van der Waals surface area (Å²) < 4.78 is 11.1. The van der Waals surface area contributed by atoms with Gasteiger partial charge in [0.2, 0.25) is 5.60 Å². The molecule has 0 amide bonds. The lowest BCUT2D eigenvalue weighted by molar-refractivity contribution is -0.154. The van der Waals surface area contributed by atoms with Gasteiger partial charge in [0.15, 0.2) is 11.6 Å². The first kappa shape index (κ1) is 17.7. The number of hydrogen-bond acceptors (Lipinski definition) is 5. The van der Waals surface area contributed by atoms with Gasteiger partial charge in [-0.3, -0.25) is 0 Å². The van der Waals surface area contributed by atoms with Crippen LogP contribution in [0.15, 0.2) is 36.7 Å². The minimum atomic E-state index is -1.24. The fraction of sp³-hybridized carbons (Fsp3) is 0.389. The van der Waals surface area contributed by atoms with Gasteiger partial charge in [-0.25, -0.2) is 14.8 Å². The first-order chi connectivity index (χ1) is 11.5. The van der Waals surface area contributed by atoms with E-state index in [0.717, 1.165) is 12.0 Å². The van der Waals surface area contributed by atoms with Gasteiger partial charge in [0.1, 0.15) is 5.75 Å². The average molecular weight is 330 g/mol. The maximum atomic E-state index is 11.3. The summed E-state index contributed by atoms with van der Waals surface area (Å²) in [5, 5.41) is 9.26. The number of ether oxygens (including phenoxy) is 2. The number of carbonyl (C=O) groups is 1. The number of carboxylic acids is 1. The summed E-state index contributed by atoms with van der Waals surface area (Å²) in [6.07, 6.45) is 4.57. The average Bonchev–Trinajstić information content (AvgIpc) is 2.61. The van der Waals surface area contributed by atoms with E-state index in [-0.39, 0.29) is 0 Å². The Labute approximate surface area is 141 Å². The van der Waals surface area contributed by atoms with Gasteiger partial charge in [-0.15, -0.1) is 0 Å². The monoisotopic (exact) mass is 330 g/mol. The summed E-state index contributed by atoms with van der Waals surface area (Å²) in [5.41, 5.74) is -0.422. The smallest absolute Gasteiger partial charge is 0.347 e. The second-order valence-electron chi connectivity index (χ2n) is 5.61.